The number of benzene rings is 2. The van der Waals surface area contributed by atoms with E-state index in [-0.39, 0.29) is 31.4 Å². The Balaban J connectivity index is 1.30. The molecule has 0 saturated carbocycles. The van der Waals surface area contributed by atoms with E-state index in [4.69, 9.17) is 4.74 Å². The summed E-state index contributed by atoms with van der Waals surface area (Å²) in [7, 11) is 0. The fourth-order valence-corrected chi connectivity index (χ4v) is 3.84. The number of nitrogens with zero attached hydrogens (tertiary/aromatic N) is 1. The molecule has 31 heavy (non-hydrogen) atoms. The third-order valence-corrected chi connectivity index (χ3v) is 5.50. The number of fused-ring (bicyclic) bond motifs is 1. The highest BCUT2D eigenvalue weighted by molar-refractivity contribution is 6.05. The summed E-state index contributed by atoms with van der Waals surface area (Å²) >= 11 is 0. The molecule has 2 aromatic carbocycles. The fraction of sp³-hybridized carbons (Fsp3) is 0.304. The van der Waals surface area contributed by atoms with Gasteiger partial charge in [-0.2, -0.15) is 0 Å². The number of carbonyl (C=O) groups excluding carboxylic acids is 4. The van der Waals surface area contributed by atoms with E-state index in [1.165, 1.54) is 4.90 Å². The molecule has 0 spiro atoms. The predicted molar refractivity (Wildman–Crippen MR) is 111 cm³/mol. The van der Waals surface area contributed by atoms with Gasteiger partial charge in [-0.3, -0.25) is 19.7 Å². The number of nitrogens with one attached hydrogen (secondary N) is 2. The highest BCUT2D eigenvalue weighted by Crippen LogP contribution is 2.28. The number of piperidine rings is 1. The van der Waals surface area contributed by atoms with Crippen molar-refractivity contribution in [3.05, 3.63) is 70.8 Å². The molecular formula is C23H23N3O5. The normalized spacial score (nSPS) is 17.9. The van der Waals surface area contributed by atoms with Gasteiger partial charge in [0, 0.05) is 31.5 Å². The molecule has 0 radical (unpaired) electrons. The highest BCUT2D eigenvalue weighted by Gasteiger charge is 2.39. The van der Waals surface area contributed by atoms with Gasteiger partial charge in [0.05, 0.1) is 6.61 Å². The van der Waals surface area contributed by atoms with E-state index in [2.05, 4.69) is 10.6 Å². The Morgan fingerprint density at radius 1 is 1.10 bits per heavy atom. The molecule has 2 heterocycles. The van der Waals surface area contributed by atoms with E-state index in [9.17, 15) is 19.2 Å². The van der Waals surface area contributed by atoms with Crippen molar-refractivity contribution in [1.82, 2.24) is 15.5 Å². The third kappa shape index (κ3) is 4.74. The van der Waals surface area contributed by atoms with Gasteiger partial charge < -0.3 is 15.0 Å². The summed E-state index contributed by atoms with van der Waals surface area (Å²) in [6, 6.07) is 14.5. The topological polar surface area (TPSA) is 105 Å². The molecular weight excluding hydrogens is 398 g/mol. The van der Waals surface area contributed by atoms with Gasteiger partial charge in [-0.1, -0.05) is 42.5 Å². The zero-order valence-corrected chi connectivity index (χ0v) is 16.9. The summed E-state index contributed by atoms with van der Waals surface area (Å²) in [4.78, 5) is 49.8. The van der Waals surface area contributed by atoms with Crippen molar-refractivity contribution >= 4 is 23.8 Å². The number of carbonyl (C=O) groups is 4. The van der Waals surface area contributed by atoms with Crippen molar-refractivity contribution in [3.8, 4) is 0 Å². The van der Waals surface area contributed by atoms with Gasteiger partial charge in [0.2, 0.25) is 11.8 Å². The molecule has 2 N–H and O–H groups in total. The second-order valence-corrected chi connectivity index (χ2v) is 7.62. The molecule has 4 rings (SSSR count). The largest absolute Gasteiger partial charge is 0.449 e. The van der Waals surface area contributed by atoms with Gasteiger partial charge in [0.1, 0.15) is 6.04 Å². The van der Waals surface area contributed by atoms with Crippen LogP contribution in [-0.2, 0) is 33.8 Å². The zero-order valence-electron chi connectivity index (χ0n) is 16.9. The first-order valence-corrected chi connectivity index (χ1v) is 10.2. The summed E-state index contributed by atoms with van der Waals surface area (Å²) < 4.78 is 5.20. The van der Waals surface area contributed by atoms with Crippen molar-refractivity contribution in [2.24, 2.45) is 0 Å². The first kappa shape index (κ1) is 20.6. The monoisotopic (exact) mass is 421 g/mol. The summed E-state index contributed by atoms with van der Waals surface area (Å²) in [5.41, 5.74) is 3.19. The number of rotatable bonds is 6. The van der Waals surface area contributed by atoms with Crippen LogP contribution in [0.15, 0.2) is 48.5 Å². The molecule has 1 saturated heterocycles. The number of hydrogen-bond acceptors (Lipinski definition) is 5. The number of imide groups is 1. The van der Waals surface area contributed by atoms with Crippen LogP contribution < -0.4 is 10.6 Å². The molecule has 2 aromatic rings. The maximum atomic E-state index is 12.8. The van der Waals surface area contributed by atoms with Crippen LogP contribution in [0, 0.1) is 0 Å². The van der Waals surface area contributed by atoms with Crippen LogP contribution in [0.2, 0.25) is 0 Å². The molecule has 8 nitrogen and oxygen atoms in total. The smallest absolute Gasteiger partial charge is 0.407 e. The number of hydrogen-bond donors (Lipinski definition) is 2. The lowest BCUT2D eigenvalue weighted by atomic mass is 10.0. The molecule has 1 fully saturated rings. The molecule has 0 bridgehead atoms. The third-order valence-electron chi connectivity index (χ3n) is 5.50. The SMILES string of the molecule is O=C1CCC(N2Cc3ccc(CNC(=O)OCCc4ccccc4)cc3C2=O)C(=O)N1. The Hall–Kier alpha value is -3.68. The van der Waals surface area contributed by atoms with E-state index in [0.717, 1.165) is 16.7 Å². The van der Waals surface area contributed by atoms with Crippen LogP contribution in [0.1, 0.15) is 39.9 Å². The van der Waals surface area contributed by atoms with Crippen molar-refractivity contribution in [3.63, 3.8) is 0 Å². The van der Waals surface area contributed by atoms with Crippen LogP contribution in [0.25, 0.3) is 0 Å². The number of alkyl carbamates (subject to hydrolysis) is 1. The molecule has 2 aliphatic rings. The summed E-state index contributed by atoms with van der Waals surface area (Å²) in [5.74, 6) is -0.983. The molecule has 160 valence electrons. The molecule has 8 heteroatoms. The van der Waals surface area contributed by atoms with Crippen LogP contribution in [0.3, 0.4) is 0 Å². The van der Waals surface area contributed by atoms with Crippen molar-refractivity contribution < 1.29 is 23.9 Å². The van der Waals surface area contributed by atoms with Gasteiger partial charge in [-0.15, -0.1) is 0 Å². The first-order chi connectivity index (χ1) is 15.0. The lowest BCUT2D eigenvalue weighted by Crippen LogP contribution is -2.52. The summed E-state index contributed by atoms with van der Waals surface area (Å²) in [6.07, 6.45) is 0.664. The van der Waals surface area contributed by atoms with Crippen molar-refractivity contribution in [2.75, 3.05) is 6.61 Å². The minimum Gasteiger partial charge on any atom is -0.449 e. The van der Waals surface area contributed by atoms with Gasteiger partial charge in [0.25, 0.3) is 5.91 Å². The predicted octanol–water partition coefficient (Wildman–Crippen LogP) is 1.92. The lowest BCUT2D eigenvalue weighted by Gasteiger charge is -2.29. The molecule has 0 aliphatic carbocycles. The Labute approximate surface area is 179 Å². The first-order valence-electron chi connectivity index (χ1n) is 10.2. The molecule has 1 unspecified atom stereocenters. The van der Waals surface area contributed by atoms with Gasteiger partial charge in [0.15, 0.2) is 0 Å². The van der Waals surface area contributed by atoms with Gasteiger partial charge >= 0.3 is 6.09 Å². The van der Waals surface area contributed by atoms with Crippen molar-refractivity contribution in [1.29, 1.82) is 0 Å². The van der Waals surface area contributed by atoms with E-state index >= 15 is 0 Å². The van der Waals surface area contributed by atoms with Gasteiger partial charge in [-0.05, 0) is 29.2 Å². The van der Waals surface area contributed by atoms with Gasteiger partial charge in [-0.25, -0.2) is 4.79 Å². The van der Waals surface area contributed by atoms with Crippen LogP contribution in [0.4, 0.5) is 4.79 Å². The van der Waals surface area contributed by atoms with E-state index < -0.39 is 18.0 Å². The maximum absolute atomic E-state index is 12.8. The fourth-order valence-electron chi connectivity index (χ4n) is 3.84. The molecule has 4 amide bonds. The molecule has 0 aromatic heterocycles. The Morgan fingerprint density at radius 3 is 2.68 bits per heavy atom. The highest BCUT2D eigenvalue weighted by atomic mass is 16.5. The second-order valence-electron chi connectivity index (χ2n) is 7.62. The summed E-state index contributed by atoms with van der Waals surface area (Å²) in [6.45, 7) is 0.832. The maximum Gasteiger partial charge on any atom is 0.407 e. The van der Waals surface area contributed by atoms with Crippen LogP contribution >= 0.6 is 0 Å². The minimum absolute atomic E-state index is 0.220. The van der Waals surface area contributed by atoms with E-state index in [1.807, 2.05) is 42.5 Å². The summed E-state index contributed by atoms with van der Waals surface area (Å²) in [5, 5.41) is 4.98. The van der Waals surface area contributed by atoms with E-state index in [0.29, 0.717) is 24.9 Å². The standard InChI is InChI=1S/C23H23N3O5/c27-20-9-8-19(21(28)25-20)26-14-17-7-6-16(12-18(17)22(26)29)13-24-23(30)31-11-10-15-4-2-1-3-5-15/h1-7,12,19H,8-11,13-14H2,(H,24,30)(H,25,27,28). The average Bonchev–Trinajstić information content (AvgIpc) is 3.09. The quantitative estimate of drug-likeness (QED) is 0.694. The average molecular weight is 421 g/mol. The minimum atomic E-state index is -0.640. The Morgan fingerprint density at radius 2 is 1.90 bits per heavy atom. The van der Waals surface area contributed by atoms with Crippen molar-refractivity contribution in [2.45, 2.75) is 38.4 Å². The Bertz CT molecular complexity index is 1020. The Kier molecular flexibility index (Phi) is 5.97. The molecule has 2 aliphatic heterocycles. The van der Waals surface area contributed by atoms with E-state index in [1.54, 1.807) is 6.07 Å². The number of ether oxygens (including phenoxy) is 1. The van der Waals surface area contributed by atoms with Crippen LogP contribution in [-0.4, -0.2) is 41.4 Å². The van der Waals surface area contributed by atoms with Crippen LogP contribution in [0.5, 0.6) is 0 Å². The number of amides is 4. The zero-order chi connectivity index (χ0) is 21.8. The second kappa shape index (κ2) is 8.99. The molecule has 1 atom stereocenters. The lowest BCUT2D eigenvalue weighted by molar-refractivity contribution is -0.136.